The molecule has 0 aromatic heterocycles. The fourth-order valence-corrected chi connectivity index (χ4v) is 0.209. The van der Waals surface area contributed by atoms with Gasteiger partial charge in [-0.25, -0.2) is 5.32 Å². The summed E-state index contributed by atoms with van der Waals surface area (Å²) in [6.45, 7) is 0.523. The molecule has 1 rings (SSSR count). The first kappa shape index (κ1) is 3.61. The normalized spacial score (nSPS) is 29.7. The Balaban J connectivity index is 2.31. The zero-order chi connectivity index (χ0) is 4.57. The quantitative estimate of drug-likeness (QED) is 0.418. The van der Waals surface area contributed by atoms with Crippen LogP contribution in [0.2, 0.25) is 0 Å². The van der Waals surface area contributed by atoms with E-state index in [1.807, 2.05) is 0 Å². The number of rotatable bonds is 1. The van der Waals surface area contributed by atoms with Crippen LogP contribution in [0, 0.1) is 0 Å². The third-order valence-electron chi connectivity index (χ3n) is 0.650. The van der Waals surface area contributed by atoms with E-state index in [9.17, 15) is 4.79 Å². The molecule has 1 atom stereocenters. The number of carboxylic acids is 1. The molecule has 1 radical (unpaired) electrons. The van der Waals surface area contributed by atoms with Gasteiger partial charge in [0.1, 0.15) is 6.04 Å². The third kappa shape index (κ3) is 0.490. The lowest BCUT2D eigenvalue weighted by atomic mass is 10.5. The maximum atomic E-state index is 9.67. The van der Waals surface area contributed by atoms with E-state index in [2.05, 4.69) is 5.32 Å². The molecule has 3 heteroatoms. The summed E-state index contributed by atoms with van der Waals surface area (Å²) in [5.41, 5.74) is 0. The summed E-state index contributed by atoms with van der Waals surface area (Å²) >= 11 is 0. The Kier molecular flexibility index (Phi) is 0.569. The topological polar surface area (TPSA) is 51.4 Å². The van der Waals surface area contributed by atoms with E-state index in [4.69, 9.17) is 5.11 Å². The molecule has 3 nitrogen and oxygen atoms in total. The second-order valence-electron chi connectivity index (χ2n) is 1.22. The highest BCUT2D eigenvalue weighted by Gasteiger charge is 2.30. The van der Waals surface area contributed by atoms with Gasteiger partial charge in [0, 0.05) is 6.54 Å². The van der Waals surface area contributed by atoms with Gasteiger partial charge in [0.25, 0.3) is 0 Å². The lowest BCUT2D eigenvalue weighted by Crippen LogP contribution is -2.04. The van der Waals surface area contributed by atoms with Crippen LogP contribution in [-0.4, -0.2) is 23.7 Å². The molecule has 1 aliphatic heterocycles. The Bertz CT molecular complexity index is 76.9. The van der Waals surface area contributed by atoms with Crippen LogP contribution in [0.25, 0.3) is 0 Å². The summed E-state index contributed by atoms with van der Waals surface area (Å²) in [5, 5.41) is 11.5. The van der Waals surface area contributed by atoms with Crippen molar-refractivity contribution in [2.45, 2.75) is 6.04 Å². The second-order valence-corrected chi connectivity index (χ2v) is 1.22. The van der Waals surface area contributed by atoms with Gasteiger partial charge in [-0.05, 0) is 0 Å². The molecule has 0 aliphatic carbocycles. The highest BCUT2D eigenvalue weighted by Crippen LogP contribution is 1.97. The molecule has 1 heterocycles. The monoisotopic (exact) mass is 86.0 g/mol. The minimum atomic E-state index is -0.796. The van der Waals surface area contributed by atoms with Crippen LogP contribution in [0.1, 0.15) is 0 Å². The van der Waals surface area contributed by atoms with Crippen LogP contribution in [0.15, 0.2) is 0 Å². The van der Waals surface area contributed by atoms with E-state index in [0.717, 1.165) is 0 Å². The Morgan fingerprint density at radius 2 is 2.50 bits per heavy atom. The summed E-state index contributed by atoms with van der Waals surface area (Å²) in [5.74, 6) is -0.796. The predicted octanol–water partition coefficient (Wildman–Crippen LogP) is -0.942. The van der Waals surface area contributed by atoms with Gasteiger partial charge in [-0.2, -0.15) is 0 Å². The van der Waals surface area contributed by atoms with Gasteiger partial charge in [0.15, 0.2) is 0 Å². The van der Waals surface area contributed by atoms with Crippen molar-refractivity contribution in [3.8, 4) is 0 Å². The second kappa shape index (κ2) is 0.944. The molecule has 1 aliphatic rings. The summed E-state index contributed by atoms with van der Waals surface area (Å²) < 4.78 is 0. The van der Waals surface area contributed by atoms with Gasteiger partial charge in [0.2, 0.25) is 0 Å². The number of hydrogen-bond donors (Lipinski definition) is 1. The minimum absolute atomic E-state index is 0.356. The van der Waals surface area contributed by atoms with Crippen LogP contribution in [0.3, 0.4) is 0 Å². The number of hydrogen-bond acceptors (Lipinski definition) is 1. The molecule has 0 bridgehead atoms. The first-order chi connectivity index (χ1) is 2.80. The SMILES string of the molecule is O=C(O)C1C[N]1. The van der Waals surface area contributed by atoms with Crippen molar-refractivity contribution >= 4 is 5.97 Å². The van der Waals surface area contributed by atoms with Gasteiger partial charge in [-0.3, -0.25) is 4.79 Å². The molecule has 0 aromatic carbocycles. The standard InChI is InChI=1S/C3H4NO2/c5-3(6)2-1-4-2/h2H,1H2,(H,5,6). The Labute approximate surface area is 35.0 Å². The largest absolute Gasteiger partial charge is 0.480 e. The molecule has 1 N–H and O–H groups in total. The number of nitrogens with zero attached hydrogens (tertiary/aromatic N) is 1. The number of carboxylic acid groups (broad SMARTS) is 1. The molecular formula is C3H4NO2. The van der Waals surface area contributed by atoms with Crippen LogP contribution < -0.4 is 5.32 Å². The zero-order valence-corrected chi connectivity index (χ0v) is 3.09. The highest BCUT2D eigenvalue weighted by molar-refractivity contribution is 5.76. The Hall–Kier alpha value is -0.570. The van der Waals surface area contributed by atoms with E-state index in [1.165, 1.54) is 0 Å². The van der Waals surface area contributed by atoms with Crippen molar-refractivity contribution in [2.75, 3.05) is 6.54 Å². The van der Waals surface area contributed by atoms with Crippen molar-refractivity contribution in [1.82, 2.24) is 5.32 Å². The summed E-state index contributed by atoms with van der Waals surface area (Å²) in [7, 11) is 0. The van der Waals surface area contributed by atoms with Crippen molar-refractivity contribution in [2.24, 2.45) is 0 Å². The fraction of sp³-hybridized carbons (Fsp3) is 0.667. The van der Waals surface area contributed by atoms with Gasteiger partial charge in [0.05, 0.1) is 0 Å². The maximum absolute atomic E-state index is 9.67. The first-order valence-corrected chi connectivity index (χ1v) is 1.70. The first-order valence-electron chi connectivity index (χ1n) is 1.70. The van der Waals surface area contributed by atoms with E-state index in [0.29, 0.717) is 6.54 Å². The van der Waals surface area contributed by atoms with Crippen LogP contribution >= 0.6 is 0 Å². The van der Waals surface area contributed by atoms with Crippen LogP contribution in [0.5, 0.6) is 0 Å². The Morgan fingerprint density at radius 1 is 2.00 bits per heavy atom. The van der Waals surface area contributed by atoms with Crippen molar-refractivity contribution in [1.29, 1.82) is 0 Å². The smallest absolute Gasteiger partial charge is 0.323 e. The van der Waals surface area contributed by atoms with Crippen molar-refractivity contribution < 1.29 is 9.90 Å². The number of carbonyl (C=O) groups is 1. The molecule has 1 fully saturated rings. The number of aliphatic carboxylic acids is 1. The van der Waals surface area contributed by atoms with E-state index in [1.54, 1.807) is 0 Å². The average Bonchev–Trinajstić information content (AvgIpc) is 2.06. The minimum Gasteiger partial charge on any atom is -0.480 e. The molecule has 0 spiro atoms. The molecule has 0 saturated carbocycles. The van der Waals surface area contributed by atoms with Crippen molar-refractivity contribution in [3.05, 3.63) is 0 Å². The lowest BCUT2D eigenvalue weighted by Gasteiger charge is -1.73. The molecule has 6 heavy (non-hydrogen) atoms. The molecule has 1 unspecified atom stereocenters. The van der Waals surface area contributed by atoms with Gasteiger partial charge in [-0.15, -0.1) is 0 Å². The molecule has 0 aromatic rings. The Morgan fingerprint density at radius 3 is 2.50 bits per heavy atom. The van der Waals surface area contributed by atoms with E-state index < -0.39 is 5.97 Å². The van der Waals surface area contributed by atoms with Crippen molar-refractivity contribution in [3.63, 3.8) is 0 Å². The van der Waals surface area contributed by atoms with Gasteiger partial charge >= 0.3 is 5.97 Å². The van der Waals surface area contributed by atoms with Crippen LogP contribution in [0.4, 0.5) is 0 Å². The maximum Gasteiger partial charge on any atom is 0.323 e. The molecular weight excluding hydrogens is 82.0 g/mol. The molecule has 33 valence electrons. The lowest BCUT2D eigenvalue weighted by molar-refractivity contribution is -0.136. The third-order valence-corrected chi connectivity index (χ3v) is 0.650. The summed E-state index contributed by atoms with van der Waals surface area (Å²) in [6, 6.07) is -0.356. The van der Waals surface area contributed by atoms with E-state index >= 15 is 0 Å². The average molecular weight is 86.1 g/mol. The van der Waals surface area contributed by atoms with Crippen LogP contribution in [-0.2, 0) is 4.79 Å². The van der Waals surface area contributed by atoms with E-state index in [-0.39, 0.29) is 6.04 Å². The van der Waals surface area contributed by atoms with Gasteiger partial charge in [-0.1, -0.05) is 0 Å². The summed E-state index contributed by atoms with van der Waals surface area (Å²) in [4.78, 5) is 9.67. The molecule has 1 saturated heterocycles. The highest BCUT2D eigenvalue weighted by atomic mass is 16.4. The molecule has 0 amide bonds. The predicted molar refractivity (Wildman–Crippen MR) is 18.4 cm³/mol. The van der Waals surface area contributed by atoms with Gasteiger partial charge < -0.3 is 5.11 Å². The zero-order valence-electron chi connectivity index (χ0n) is 3.09. The summed E-state index contributed by atoms with van der Waals surface area (Å²) in [6.07, 6.45) is 0. The fourth-order valence-electron chi connectivity index (χ4n) is 0.209.